The van der Waals surface area contributed by atoms with E-state index in [0.717, 1.165) is 24.6 Å². The Hall–Kier alpha value is -3.03. The van der Waals surface area contributed by atoms with Crippen LogP contribution in [0.25, 0.3) is 0 Å². The van der Waals surface area contributed by atoms with E-state index < -0.39 is 0 Å². The van der Waals surface area contributed by atoms with Gasteiger partial charge in [0.2, 0.25) is 6.79 Å². The molecule has 0 atom stereocenters. The topological polar surface area (TPSA) is 79.8 Å². The standard InChI is InChI=1S/C19H21N5O3/c25-19(20-14-3-5-16-17(11-14)27-12-26-16)24-9-7-23(8-10-24)18-6-4-15(21-22-18)13-1-2-13/h3-6,11,13H,1-2,7-10,12H2,(H,20,25). The zero-order valence-electron chi connectivity index (χ0n) is 14.9. The molecule has 140 valence electrons. The van der Waals surface area contributed by atoms with Gasteiger partial charge in [-0.25, -0.2) is 4.79 Å². The number of carbonyl (C=O) groups is 1. The largest absolute Gasteiger partial charge is 0.454 e. The van der Waals surface area contributed by atoms with E-state index in [1.807, 2.05) is 17.0 Å². The maximum Gasteiger partial charge on any atom is 0.321 e. The first-order valence-electron chi connectivity index (χ1n) is 9.30. The maximum atomic E-state index is 12.5. The minimum atomic E-state index is -0.108. The Bertz CT molecular complexity index is 845. The molecule has 2 amide bonds. The van der Waals surface area contributed by atoms with Crippen molar-refractivity contribution in [1.82, 2.24) is 15.1 Å². The van der Waals surface area contributed by atoms with Crippen molar-refractivity contribution in [2.75, 3.05) is 43.2 Å². The number of piperazine rings is 1. The lowest BCUT2D eigenvalue weighted by Crippen LogP contribution is -2.50. The third-order valence-electron chi connectivity index (χ3n) is 5.18. The third kappa shape index (κ3) is 3.34. The van der Waals surface area contributed by atoms with Crippen LogP contribution in [0, 0.1) is 0 Å². The van der Waals surface area contributed by atoms with E-state index in [-0.39, 0.29) is 12.8 Å². The molecule has 8 heteroatoms. The summed E-state index contributed by atoms with van der Waals surface area (Å²) >= 11 is 0. The highest BCUT2D eigenvalue weighted by Crippen LogP contribution is 2.38. The monoisotopic (exact) mass is 367 g/mol. The molecule has 27 heavy (non-hydrogen) atoms. The van der Waals surface area contributed by atoms with E-state index in [0.29, 0.717) is 36.2 Å². The van der Waals surface area contributed by atoms with Crippen LogP contribution >= 0.6 is 0 Å². The Labute approximate surface area is 157 Å². The Kier molecular flexibility index (Phi) is 3.95. The number of rotatable bonds is 3. The number of benzene rings is 1. The molecule has 2 aliphatic heterocycles. The number of amides is 2. The van der Waals surface area contributed by atoms with Gasteiger partial charge < -0.3 is 24.6 Å². The van der Waals surface area contributed by atoms with Crippen LogP contribution in [0.2, 0.25) is 0 Å². The van der Waals surface area contributed by atoms with Crippen molar-refractivity contribution >= 4 is 17.5 Å². The van der Waals surface area contributed by atoms with Gasteiger partial charge in [-0.05, 0) is 37.1 Å². The molecule has 1 aromatic heterocycles. The fraction of sp³-hybridized carbons (Fsp3) is 0.421. The highest BCUT2D eigenvalue weighted by atomic mass is 16.7. The van der Waals surface area contributed by atoms with Gasteiger partial charge in [0.05, 0.1) is 5.69 Å². The maximum absolute atomic E-state index is 12.5. The Morgan fingerprint density at radius 1 is 1.00 bits per heavy atom. The first-order chi connectivity index (χ1) is 13.3. The van der Waals surface area contributed by atoms with E-state index in [2.05, 4.69) is 26.5 Å². The molecule has 3 aliphatic rings. The quantitative estimate of drug-likeness (QED) is 0.898. The first kappa shape index (κ1) is 16.2. The van der Waals surface area contributed by atoms with Gasteiger partial charge in [0.1, 0.15) is 0 Å². The molecule has 5 rings (SSSR count). The highest BCUT2D eigenvalue weighted by Gasteiger charge is 2.26. The molecule has 3 heterocycles. The second kappa shape index (κ2) is 6.61. The summed E-state index contributed by atoms with van der Waals surface area (Å²) in [5, 5.41) is 11.6. The van der Waals surface area contributed by atoms with Crippen LogP contribution in [0.15, 0.2) is 30.3 Å². The van der Waals surface area contributed by atoms with E-state index in [9.17, 15) is 4.79 Å². The molecule has 2 aromatic rings. The zero-order valence-corrected chi connectivity index (χ0v) is 14.9. The van der Waals surface area contributed by atoms with Crippen LogP contribution in [-0.4, -0.2) is 54.1 Å². The van der Waals surface area contributed by atoms with E-state index in [4.69, 9.17) is 9.47 Å². The van der Waals surface area contributed by atoms with Gasteiger partial charge in [0.25, 0.3) is 0 Å². The van der Waals surface area contributed by atoms with Crippen LogP contribution in [0.5, 0.6) is 11.5 Å². The molecule has 0 radical (unpaired) electrons. The lowest BCUT2D eigenvalue weighted by molar-refractivity contribution is 0.174. The zero-order chi connectivity index (χ0) is 18.2. The van der Waals surface area contributed by atoms with Gasteiger partial charge >= 0.3 is 6.03 Å². The lowest BCUT2D eigenvalue weighted by atomic mass is 10.2. The van der Waals surface area contributed by atoms with Crippen LogP contribution in [0.4, 0.5) is 16.3 Å². The van der Waals surface area contributed by atoms with Gasteiger partial charge in [0.15, 0.2) is 17.3 Å². The minimum Gasteiger partial charge on any atom is -0.454 e. The van der Waals surface area contributed by atoms with E-state index in [1.54, 1.807) is 12.1 Å². The number of carbonyl (C=O) groups excluding carboxylic acids is 1. The van der Waals surface area contributed by atoms with Gasteiger partial charge in [0, 0.05) is 43.9 Å². The predicted octanol–water partition coefficient (Wildman–Crippen LogP) is 2.44. The Balaban J connectivity index is 1.17. The first-order valence-corrected chi connectivity index (χ1v) is 9.30. The third-order valence-corrected chi connectivity index (χ3v) is 5.18. The molecule has 1 aromatic carbocycles. The van der Waals surface area contributed by atoms with Crippen molar-refractivity contribution in [1.29, 1.82) is 0 Å². The SMILES string of the molecule is O=C(Nc1ccc2c(c1)OCO2)N1CCN(c2ccc(C3CC3)nn2)CC1. The molecule has 1 saturated heterocycles. The molecule has 8 nitrogen and oxygen atoms in total. The van der Waals surface area contributed by atoms with Crippen LogP contribution in [0.3, 0.4) is 0 Å². The average molecular weight is 367 g/mol. The van der Waals surface area contributed by atoms with Crippen molar-refractivity contribution in [2.45, 2.75) is 18.8 Å². The normalized spacial score (nSPS) is 18.5. The molecule has 1 aliphatic carbocycles. The summed E-state index contributed by atoms with van der Waals surface area (Å²) in [5.74, 6) is 2.86. The number of nitrogens with zero attached hydrogens (tertiary/aromatic N) is 4. The number of anilines is 2. The lowest BCUT2D eigenvalue weighted by Gasteiger charge is -2.35. The van der Waals surface area contributed by atoms with Gasteiger partial charge in [-0.1, -0.05) is 0 Å². The number of hydrogen-bond acceptors (Lipinski definition) is 6. The van der Waals surface area contributed by atoms with Crippen molar-refractivity contribution in [3.63, 3.8) is 0 Å². The predicted molar refractivity (Wildman–Crippen MR) is 99.4 cm³/mol. The summed E-state index contributed by atoms with van der Waals surface area (Å²) < 4.78 is 10.6. The summed E-state index contributed by atoms with van der Waals surface area (Å²) in [6, 6.07) is 9.43. The number of urea groups is 1. The van der Waals surface area contributed by atoms with Crippen molar-refractivity contribution in [3.05, 3.63) is 36.0 Å². The summed E-state index contributed by atoms with van der Waals surface area (Å²) in [6.45, 7) is 2.99. The Morgan fingerprint density at radius 2 is 1.81 bits per heavy atom. The average Bonchev–Trinajstić information content (AvgIpc) is 3.46. The minimum absolute atomic E-state index is 0.108. The summed E-state index contributed by atoms with van der Waals surface area (Å²) in [7, 11) is 0. The second-order valence-electron chi connectivity index (χ2n) is 7.06. The van der Waals surface area contributed by atoms with Gasteiger partial charge in [-0.3, -0.25) is 0 Å². The second-order valence-corrected chi connectivity index (χ2v) is 7.06. The summed E-state index contributed by atoms with van der Waals surface area (Å²) in [4.78, 5) is 16.5. The molecule has 0 spiro atoms. The molecular formula is C19H21N5O3. The summed E-state index contributed by atoms with van der Waals surface area (Å²) in [6.07, 6.45) is 2.45. The number of hydrogen-bond donors (Lipinski definition) is 1. The van der Waals surface area contributed by atoms with Crippen LogP contribution in [-0.2, 0) is 0 Å². The van der Waals surface area contributed by atoms with E-state index >= 15 is 0 Å². The molecule has 1 N–H and O–H groups in total. The molecule has 0 unspecified atom stereocenters. The highest BCUT2D eigenvalue weighted by molar-refractivity contribution is 5.90. The van der Waals surface area contributed by atoms with Crippen LogP contribution in [0.1, 0.15) is 24.5 Å². The smallest absolute Gasteiger partial charge is 0.321 e. The van der Waals surface area contributed by atoms with Crippen molar-refractivity contribution in [3.8, 4) is 11.5 Å². The van der Waals surface area contributed by atoms with E-state index in [1.165, 1.54) is 12.8 Å². The van der Waals surface area contributed by atoms with Gasteiger partial charge in [-0.2, -0.15) is 5.10 Å². The number of ether oxygens (including phenoxy) is 2. The fourth-order valence-corrected chi connectivity index (χ4v) is 3.42. The Morgan fingerprint density at radius 3 is 2.56 bits per heavy atom. The molecule has 1 saturated carbocycles. The van der Waals surface area contributed by atoms with Crippen molar-refractivity contribution in [2.24, 2.45) is 0 Å². The van der Waals surface area contributed by atoms with Crippen LogP contribution < -0.4 is 19.7 Å². The molecular weight excluding hydrogens is 346 g/mol. The number of nitrogens with one attached hydrogen (secondary N) is 1. The van der Waals surface area contributed by atoms with Crippen molar-refractivity contribution < 1.29 is 14.3 Å². The number of aromatic nitrogens is 2. The molecule has 0 bridgehead atoms. The summed E-state index contributed by atoms with van der Waals surface area (Å²) in [5.41, 5.74) is 1.80. The van der Waals surface area contributed by atoms with Gasteiger partial charge in [-0.15, -0.1) is 5.10 Å². The molecule has 2 fully saturated rings. The fourth-order valence-electron chi connectivity index (χ4n) is 3.42. The number of fused-ring (bicyclic) bond motifs is 1.